The number of likely N-dealkylation sites (tertiary alicyclic amines) is 1. The van der Waals surface area contributed by atoms with Crippen LogP contribution < -0.4 is 21.5 Å². The Kier molecular flexibility index (Phi) is 8.70. The van der Waals surface area contributed by atoms with Crippen molar-refractivity contribution >= 4 is 35.0 Å². The SMILES string of the molecule is COc1ccc(-c2c(-c3ccc(NC(=O)CCN)c(Cl)c3C(=O)N3CCCCC3)nc(C(N)=O)n2C)c(F)c1F. The van der Waals surface area contributed by atoms with E-state index in [1.54, 1.807) is 4.90 Å². The van der Waals surface area contributed by atoms with Gasteiger partial charge >= 0.3 is 0 Å². The second-order valence-corrected chi connectivity index (χ2v) is 9.67. The van der Waals surface area contributed by atoms with Crippen LogP contribution in [0.4, 0.5) is 14.5 Å². The minimum Gasteiger partial charge on any atom is -0.494 e. The average Bonchev–Trinajstić information content (AvgIpc) is 3.28. The van der Waals surface area contributed by atoms with Crippen molar-refractivity contribution < 1.29 is 27.9 Å². The number of piperidine rings is 1. The molecule has 3 amide bonds. The van der Waals surface area contributed by atoms with Gasteiger partial charge in [0.1, 0.15) is 0 Å². The third-order valence-corrected chi connectivity index (χ3v) is 7.13. The quantitative estimate of drug-likeness (QED) is 0.374. The standard InChI is InChI=1S/C27H29ClF2N6O4/c1-35-24(15-7-9-17(40-2)22(30)21(15)29)23(34-26(35)25(32)38)14-6-8-16(33-18(37)10-11-31)20(28)19(14)27(39)36-12-4-3-5-13-36/h6-9H,3-5,10-13,31H2,1-2H3,(H2,32,38)(H,33,37). The van der Waals surface area contributed by atoms with Gasteiger partial charge in [-0.05, 0) is 43.5 Å². The van der Waals surface area contributed by atoms with Gasteiger partial charge in [0.2, 0.25) is 11.7 Å². The van der Waals surface area contributed by atoms with Gasteiger partial charge < -0.3 is 31.0 Å². The zero-order valence-corrected chi connectivity index (χ0v) is 22.8. The molecule has 5 N–H and O–H groups in total. The van der Waals surface area contributed by atoms with Crippen LogP contribution in [0.2, 0.25) is 5.02 Å². The number of aromatic nitrogens is 2. The molecular formula is C27H29ClF2N6O4. The third kappa shape index (κ3) is 5.36. The summed E-state index contributed by atoms with van der Waals surface area (Å²) in [5.41, 5.74) is 11.0. The molecule has 0 unspecified atom stereocenters. The molecule has 0 bridgehead atoms. The molecule has 0 spiro atoms. The van der Waals surface area contributed by atoms with Crippen molar-refractivity contribution in [1.82, 2.24) is 14.5 Å². The number of carbonyl (C=O) groups excluding carboxylic acids is 3. The highest BCUT2D eigenvalue weighted by Gasteiger charge is 2.31. The van der Waals surface area contributed by atoms with Crippen molar-refractivity contribution in [2.24, 2.45) is 18.5 Å². The number of methoxy groups -OCH3 is 1. The monoisotopic (exact) mass is 574 g/mol. The molecule has 1 aliphatic heterocycles. The van der Waals surface area contributed by atoms with Crippen LogP contribution in [0.3, 0.4) is 0 Å². The van der Waals surface area contributed by atoms with Gasteiger partial charge in [0.15, 0.2) is 17.4 Å². The summed E-state index contributed by atoms with van der Waals surface area (Å²) in [5, 5.41) is 2.58. The maximum absolute atomic E-state index is 15.4. The van der Waals surface area contributed by atoms with E-state index in [2.05, 4.69) is 10.3 Å². The predicted octanol–water partition coefficient (Wildman–Crippen LogP) is 3.71. The Bertz CT molecular complexity index is 1490. The lowest BCUT2D eigenvalue weighted by atomic mass is 9.97. The first-order chi connectivity index (χ1) is 19.1. The number of halogens is 3. The summed E-state index contributed by atoms with van der Waals surface area (Å²) in [4.78, 5) is 44.4. The molecule has 0 radical (unpaired) electrons. The number of anilines is 1. The third-order valence-electron chi connectivity index (χ3n) is 6.74. The highest BCUT2D eigenvalue weighted by atomic mass is 35.5. The fourth-order valence-corrected chi connectivity index (χ4v) is 5.06. The van der Waals surface area contributed by atoms with Crippen LogP contribution >= 0.6 is 11.6 Å². The van der Waals surface area contributed by atoms with Crippen molar-refractivity contribution in [3.63, 3.8) is 0 Å². The number of rotatable bonds is 8. The molecule has 13 heteroatoms. The number of primary amides is 1. The Morgan fingerprint density at radius 3 is 2.38 bits per heavy atom. The Hall–Kier alpha value is -4.03. The highest BCUT2D eigenvalue weighted by Crippen LogP contribution is 2.41. The number of nitrogens with zero attached hydrogens (tertiary/aromatic N) is 3. The van der Waals surface area contributed by atoms with E-state index in [4.69, 9.17) is 27.8 Å². The van der Waals surface area contributed by atoms with Crippen LogP contribution in [-0.4, -0.2) is 58.9 Å². The zero-order valence-electron chi connectivity index (χ0n) is 22.0. The normalized spacial score (nSPS) is 13.3. The summed E-state index contributed by atoms with van der Waals surface area (Å²) in [6, 6.07) is 5.46. The number of imidazole rings is 1. The number of carbonyl (C=O) groups is 3. The lowest BCUT2D eigenvalue weighted by Crippen LogP contribution is -2.36. The van der Waals surface area contributed by atoms with E-state index < -0.39 is 29.4 Å². The van der Waals surface area contributed by atoms with E-state index in [0.717, 1.165) is 19.3 Å². The molecule has 0 aliphatic carbocycles. The summed E-state index contributed by atoms with van der Waals surface area (Å²) >= 11 is 6.76. The van der Waals surface area contributed by atoms with E-state index in [1.165, 1.54) is 43.0 Å². The average molecular weight is 575 g/mol. The van der Waals surface area contributed by atoms with Crippen molar-refractivity contribution in [2.75, 3.05) is 32.1 Å². The number of nitrogens with one attached hydrogen (secondary N) is 1. The number of amides is 3. The van der Waals surface area contributed by atoms with Crippen LogP contribution in [0.15, 0.2) is 24.3 Å². The number of ether oxygens (including phenoxy) is 1. The Morgan fingerprint density at radius 1 is 1.07 bits per heavy atom. The molecule has 40 heavy (non-hydrogen) atoms. The largest absolute Gasteiger partial charge is 0.494 e. The summed E-state index contributed by atoms with van der Waals surface area (Å²) in [5.74, 6) is -4.83. The molecule has 0 saturated carbocycles. The first kappa shape index (κ1) is 29.0. The molecule has 0 atom stereocenters. The van der Waals surface area contributed by atoms with Crippen LogP contribution in [-0.2, 0) is 11.8 Å². The lowest BCUT2D eigenvalue weighted by Gasteiger charge is -2.28. The fourth-order valence-electron chi connectivity index (χ4n) is 4.77. The molecule has 212 valence electrons. The second kappa shape index (κ2) is 12.0. The van der Waals surface area contributed by atoms with E-state index >= 15 is 4.39 Å². The molecule has 10 nitrogen and oxygen atoms in total. The van der Waals surface area contributed by atoms with Gasteiger partial charge in [0.25, 0.3) is 11.8 Å². The zero-order chi connectivity index (χ0) is 29.1. The van der Waals surface area contributed by atoms with Crippen LogP contribution in [0.25, 0.3) is 22.5 Å². The molecule has 1 aromatic heterocycles. The molecule has 4 rings (SSSR count). The molecular weight excluding hydrogens is 546 g/mol. The van der Waals surface area contributed by atoms with Gasteiger partial charge in [-0.15, -0.1) is 0 Å². The van der Waals surface area contributed by atoms with Crippen molar-refractivity contribution in [3.05, 3.63) is 52.3 Å². The first-order valence-corrected chi connectivity index (χ1v) is 13.0. The number of benzene rings is 2. The van der Waals surface area contributed by atoms with Crippen LogP contribution in [0.5, 0.6) is 5.75 Å². The van der Waals surface area contributed by atoms with Gasteiger partial charge in [0.05, 0.1) is 34.8 Å². The van der Waals surface area contributed by atoms with E-state index in [1.807, 2.05) is 0 Å². The van der Waals surface area contributed by atoms with Crippen molar-refractivity contribution in [2.45, 2.75) is 25.7 Å². The maximum atomic E-state index is 15.4. The highest BCUT2D eigenvalue weighted by molar-refractivity contribution is 6.37. The fraction of sp³-hybridized carbons (Fsp3) is 0.333. The molecule has 1 fully saturated rings. The predicted molar refractivity (Wildman–Crippen MR) is 146 cm³/mol. The number of nitrogens with two attached hydrogens (primary N) is 2. The Morgan fingerprint density at radius 2 is 1.75 bits per heavy atom. The number of hydrogen-bond donors (Lipinski definition) is 3. The van der Waals surface area contributed by atoms with Gasteiger partial charge in [0, 0.05) is 44.2 Å². The molecule has 2 aromatic carbocycles. The summed E-state index contributed by atoms with van der Waals surface area (Å²) in [6.45, 7) is 1.08. The molecule has 1 aliphatic rings. The van der Waals surface area contributed by atoms with E-state index in [0.29, 0.717) is 13.1 Å². The maximum Gasteiger partial charge on any atom is 0.284 e. The second-order valence-electron chi connectivity index (χ2n) is 9.29. The number of hydrogen-bond acceptors (Lipinski definition) is 6. The van der Waals surface area contributed by atoms with Gasteiger partial charge in [-0.3, -0.25) is 14.4 Å². The van der Waals surface area contributed by atoms with Gasteiger partial charge in [-0.2, -0.15) is 4.39 Å². The molecule has 2 heterocycles. The minimum atomic E-state index is -1.25. The molecule has 3 aromatic rings. The smallest absolute Gasteiger partial charge is 0.284 e. The minimum absolute atomic E-state index is 0.0149. The molecule has 1 saturated heterocycles. The summed E-state index contributed by atoms with van der Waals surface area (Å²) in [7, 11) is 2.62. The lowest BCUT2D eigenvalue weighted by molar-refractivity contribution is -0.116. The van der Waals surface area contributed by atoms with Crippen molar-refractivity contribution in [3.8, 4) is 28.3 Å². The van der Waals surface area contributed by atoms with E-state index in [9.17, 15) is 18.8 Å². The topological polar surface area (TPSA) is 146 Å². The summed E-state index contributed by atoms with van der Waals surface area (Å²) in [6.07, 6.45) is 2.58. The van der Waals surface area contributed by atoms with Gasteiger partial charge in [-0.25, -0.2) is 9.37 Å². The summed E-state index contributed by atoms with van der Waals surface area (Å²) < 4.78 is 36.2. The Labute approximate surface area is 234 Å². The van der Waals surface area contributed by atoms with Crippen LogP contribution in [0, 0.1) is 11.6 Å². The Balaban J connectivity index is 2.00. The van der Waals surface area contributed by atoms with E-state index in [-0.39, 0.29) is 63.3 Å². The van der Waals surface area contributed by atoms with Gasteiger partial charge in [-0.1, -0.05) is 11.6 Å². The first-order valence-electron chi connectivity index (χ1n) is 12.6. The van der Waals surface area contributed by atoms with Crippen LogP contribution in [0.1, 0.15) is 46.7 Å². The van der Waals surface area contributed by atoms with Crippen molar-refractivity contribution in [1.29, 1.82) is 0 Å².